The van der Waals surface area contributed by atoms with Crippen LogP contribution in [0.25, 0.3) is 0 Å². The van der Waals surface area contributed by atoms with Crippen molar-refractivity contribution in [3.63, 3.8) is 0 Å². The Morgan fingerprint density at radius 2 is 2.40 bits per heavy atom. The lowest BCUT2D eigenvalue weighted by Crippen LogP contribution is -2.50. The second-order valence-corrected chi connectivity index (χ2v) is 4.48. The molecule has 15 heavy (non-hydrogen) atoms. The average Bonchev–Trinajstić information content (AvgIpc) is 2.25. The molecule has 1 aliphatic rings. The summed E-state index contributed by atoms with van der Waals surface area (Å²) in [5.41, 5.74) is 0. The molecule has 88 valence electrons. The van der Waals surface area contributed by atoms with Gasteiger partial charge in [0.1, 0.15) is 6.61 Å². The molecule has 1 unspecified atom stereocenters. The fourth-order valence-corrected chi connectivity index (χ4v) is 1.97. The number of hydrogen-bond acceptors (Lipinski definition) is 3. The molecule has 1 aliphatic heterocycles. The van der Waals surface area contributed by atoms with Crippen LogP contribution in [0.2, 0.25) is 0 Å². The highest BCUT2D eigenvalue weighted by Crippen LogP contribution is 2.10. The highest BCUT2D eigenvalue weighted by atomic mass is 79.9. The van der Waals surface area contributed by atoms with E-state index in [0.717, 1.165) is 5.33 Å². The molecule has 1 amide bonds. The lowest BCUT2D eigenvalue weighted by molar-refractivity contribution is -0.145. The first-order valence-electron chi connectivity index (χ1n) is 5.20. The molecule has 0 aromatic carbocycles. The fraction of sp³-hybridized carbons (Fsp3) is 0.900. The quantitative estimate of drug-likeness (QED) is 0.722. The summed E-state index contributed by atoms with van der Waals surface area (Å²) in [6.45, 7) is 5.91. The van der Waals surface area contributed by atoms with Crippen LogP contribution in [0.1, 0.15) is 13.8 Å². The standard InChI is InChI=1S/C10H18BrNO3/c1-8(2)15-7-10(13)12-3-4-14-6-9(12)5-11/h8-9H,3-7H2,1-2H3. The summed E-state index contributed by atoms with van der Waals surface area (Å²) in [5, 5.41) is 0.750. The summed E-state index contributed by atoms with van der Waals surface area (Å²) >= 11 is 3.38. The SMILES string of the molecule is CC(C)OCC(=O)N1CCOCC1CBr. The number of carbonyl (C=O) groups excluding carboxylic acids is 1. The van der Waals surface area contributed by atoms with E-state index in [1.54, 1.807) is 0 Å². The van der Waals surface area contributed by atoms with Crippen LogP contribution in [-0.2, 0) is 14.3 Å². The number of hydrogen-bond donors (Lipinski definition) is 0. The van der Waals surface area contributed by atoms with Gasteiger partial charge in [-0.05, 0) is 13.8 Å². The Kier molecular flexibility index (Phi) is 5.56. The summed E-state index contributed by atoms with van der Waals surface area (Å²) in [5.74, 6) is 0.0523. The van der Waals surface area contributed by atoms with E-state index < -0.39 is 0 Å². The highest BCUT2D eigenvalue weighted by Gasteiger charge is 2.26. The van der Waals surface area contributed by atoms with Crippen molar-refractivity contribution in [2.24, 2.45) is 0 Å². The molecule has 5 heteroatoms. The van der Waals surface area contributed by atoms with Gasteiger partial charge in [0.2, 0.25) is 5.91 Å². The topological polar surface area (TPSA) is 38.8 Å². The Labute approximate surface area is 99.0 Å². The first-order valence-corrected chi connectivity index (χ1v) is 6.32. The summed E-state index contributed by atoms with van der Waals surface area (Å²) in [7, 11) is 0. The molecule has 1 atom stereocenters. The van der Waals surface area contributed by atoms with E-state index in [2.05, 4.69) is 15.9 Å². The Morgan fingerprint density at radius 3 is 3.00 bits per heavy atom. The Bertz CT molecular complexity index is 211. The van der Waals surface area contributed by atoms with Crippen LogP contribution in [0.15, 0.2) is 0 Å². The normalized spacial score (nSPS) is 22.1. The number of rotatable bonds is 4. The summed E-state index contributed by atoms with van der Waals surface area (Å²) in [4.78, 5) is 13.6. The molecule has 1 rings (SSSR count). The van der Waals surface area contributed by atoms with Crippen molar-refractivity contribution in [1.29, 1.82) is 0 Å². The van der Waals surface area contributed by atoms with Gasteiger partial charge < -0.3 is 14.4 Å². The summed E-state index contributed by atoms with van der Waals surface area (Å²) < 4.78 is 10.6. The molecule has 1 saturated heterocycles. The molecule has 1 heterocycles. The number of ether oxygens (including phenoxy) is 2. The molecule has 4 nitrogen and oxygen atoms in total. The molecule has 0 aliphatic carbocycles. The van der Waals surface area contributed by atoms with Crippen LogP contribution in [0.4, 0.5) is 0 Å². The molecule has 0 radical (unpaired) electrons. The van der Waals surface area contributed by atoms with Gasteiger partial charge >= 0.3 is 0 Å². The minimum atomic E-state index is 0.0523. The van der Waals surface area contributed by atoms with Gasteiger partial charge in [-0.1, -0.05) is 15.9 Å². The maximum absolute atomic E-state index is 11.8. The van der Waals surface area contributed by atoms with Crippen LogP contribution in [-0.4, -0.2) is 54.6 Å². The molecule has 0 aromatic heterocycles. The van der Waals surface area contributed by atoms with Crippen molar-refractivity contribution in [3.8, 4) is 0 Å². The molecule has 1 fully saturated rings. The van der Waals surface area contributed by atoms with E-state index in [9.17, 15) is 4.79 Å². The van der Waals surface area contributed by atoms with Gasteiger partial charge in [-0.2, -0.15) is 0 Å². The van der Waals surface area contributed by atoms with E-state index >= 15 is 0 Å². The average molecular weight is 280 g/mol. The zero-order valence-electron chi connectivity index (χ0n) is 9.24. The van der Waals surface area contributed by atoms with Gasteiger partial charge in [0.05, 0.1) is 25.4 Å². The number of morpholine rings is 1. The number of halogens is 1. The molecule has 0 aromatic rings. The van der Waals surface area contributed by atoms with Gasteiger partial charge in [-0.3, -0.25) is 4.79 Å². The third kappa shape index (κ3) is 4.09. The Morgan fingerprint density at radius 1 is 1.67 bits per heavy atom. The molecule has 0 N–H and O–H groups in total. The first kappa shape index (κ1) is 12.9. The maximum Gasteiger partial charge on any atom is 0.249 e. The van der Waals surface area contributed by atoms with Crippen molar-refractivity contribution < 1.29 is 14.3 Å². The van der Waals surface area contributed by atoms with Gasteiger partial charge in [0, 0.05) is 11.9 Å². The van der Waals surface area contributed by atoms with E-state index in [0.29, 0.717) is 19.8 Å². The predicted octanol–water partition coefficient (Wildman–Crippen LogP) is 1.03. The Balaban J connectivity index is 2.41. The van der Waals surface area contributed by atoms with Gasteiger partial charge in [0.15, 0.2) is 0 Å². The second-order valence-electron chi connectivity index (χ2n) is 3.83. The van der Waals surface area contributed by atoms with Crippen molar-refractivity contribution in [2.75, 3.05) is 31.7 Å². The van der Waals surface area contributed by atoms with Crippen molar-refractivity contribution in [1.82, 2.24) is 4.90 Å². The van der Waals surface area contributed by atoms with Crippen molar-refractivity contribution in [3.05, 3.63) is 0 Å². The fourth-order valence-electron chi connectivity index (χ4n) is 1.43. The molecule has 0 bridgehead atoms. The highest BCUT2D eigenvalue weighted by molar-refractivity contribution is 9.09. The van der Waals surface area contributed by atoms with Crippen LogP contribution in [0.5, 0.6) is 0 Å². The third-order valence-corrected chi connectivity index (χ3v) is 3.01. The lowest BCUT2D eigenvalue weighted by Gasteiger charge is -2.34. The van der Waals surface area contributed by atoms with E-state index in [4.69, 9.17) is 9.47 Å². The van der Waals surface area contributed by atoms with Crippen LogP contribution >= 0.6 is 15.9 Å². The molecule has 0 saturated carbocycles. The number of alkyl halides is 1. The minimum Gasteiger partial charge on any atom is -0.377 e. The third-order valence-electron chi connectivity index (χ3n) is 2.27. The smallest absolute Gasteiger partial charge is 0.249 e. The zero-order chi connectivity index (χ0) is 11.3. The first-order chi connectivity index (χ1) is 7.15. The predicted molar refractivity (Wildman–Crippen MR) is 61.2 cm³/mol. The summed E-state index contributed by atoms with van der Waals surface area (Å²) in [6.07, 6.45) is 0.0948. The lowest BCUT2D eigenvalue weighted by atomic mass is 10.2. The van der Waals surface area contributed by atoms with E-state index in [1.165, 1.54) is 0 Å². The van der Waals surface area contributed by atoms with Crippen molar-refractivity contribution in [2.45, 2.75) is 26.0 Å². The van der Waals surface area contributed by atoms with E-state index in [-0.39, 0.29) is 24.7 Å². The number of carbonyl (C=O) groups is 1. The molecule has 0 spiro atoms. The number of amides is 1. The second kappa shape index (κ2) is 6.45. The van der Waals surface area contributed by atoms with E-state index in [1.807, 2.05) is 18.7 Å². The van der Waals surface area contributed by atoms with Gasteiger partial charge in [0.25, 0.3) is 0 Å². The maximum atomic E-state index is 11.8. The Hall–Kier alpha value is -0.130. The monoisotopic (exact) mass is 279 g/mol. The van der Waals surface area contributed by atoms with Crippen molar-refractivity contribution >= 4 is 21.8 Å². The molecular formula is C10H18BrNO3. The van der Waals surface area contributed by atoms with Gasteiger partial charge in [-0.15, -0.1) is 0 Å². The summed E-state index contributed by atoms with van der Waals surface area (Å²) in [6, 6.07) is 0.141. The van der Waals surface area contributed by atoms with Crippen LogP contribution < -0.4 is 0 Å². The zero-order valence-corrected chi connectivity index (χ0v) is 10.8. The number of nitrogens with zero attached hydrogens (tertiary/aromatic N) is 1. The molecular weight excluding hydrogens is 262 g/mol. The van der Waals surface area contributed by atoms with Crippen LogP contribution in [0.3, 0.4) is 0 Å². The largest absolute Gasteiger partial charge is 0.377 e. The minimum absolute atomic E-state index is 0.0523. The van der Waals surface area contributed by atoms with Crippen LogP contribution in [0, 0.1) is 0 Å². The van der Waals surface area contributed by atoms with Gasteiger partial charge in [-0.25, -0.2) is 0 Å².